The van der Waals surface area contributed by atoms with Crippen LogP contribution in [0.15, 0.2) is 127 Å². The second kappa shape index (κ2) is 13.3. The van der Waals surface area contributed by atoms with Crippen molar-refractivity contribution >= 4 is 71.6 Å². The Morgan fingerprint density at radius 1 is 0.714 bits per heavy atom. The molecule has 6 nitrogen and oxygen atoms in total. The van der Waals surface area contributed by atoms with Gasteiger partial charge in [0.15, 0.2) is 11.0 Å². The van der Waals surface area contributed by atoms with Gasteiger partial charge in [0.25, 0.3) is 5.82 Å². The van der Waals surface area contributed by atoms with E-state index in [0.717, 1.165) is 63.3 Å². The highest BCUT2D eigenvalue weighted by Crippen LogP contribution is 2.40. The highest BCUT2D eigenvalue weighted by molar-refractivity contribution is 7.22. The van der Waals surface area contributed by atoms with Crippen molar-refractivity contribution in [2.75, 3.05) is 16.8 Å². The Bertz CT molecular complexity index is 2390. The number of allylic oxidation sites excluding steroid dienone is 6. The molecule has 242 valence electrons. The number of aryl methyl sites for hydroxylation is 2. The monoisotopic (exact) mass is 677 g/mol. The number of nitrogens with zero attached hydrogens (tertiary/aromatic N) is 5. The molecule has 4 aromatic carbocycles. The molecule has 7 aromatic rings. The van der Waals surface area contributed by atoms with E-state index in [2.05, 4.69) is 155 Å². The molecule has 0 amide bonds. The zero-order valence-electron chi connectivity index (χ0n) is 27.8. The molecule has 0 aliphatic carbocycles. The van der Waals surface area contributed by atoms with E-state index in [9.17, 15) is 0 Å². The summed E-state index contributed by atoms with van der Waals surface area (Å²) < 4.78 is 7.21. The Morgan fingerprint density at radius 2 is 1.37 bits per heavy atom. The zero-order valence-corrected chi connectivity index (χ0v) is 29.4. The summed E-state index contributed by atoms with van der Waals surface area (Å²) in [6.07, 6.45) is 14.8. The summed E-state index contributed by atoms with van der Waals surface area (Å²) in [7, 11) is 0. The minimum atomic E-state index is 0.879. The van der Waals surface area contributed by atoms with Crippen molar-refractivity contribution in [1.29, 1.82) is 0 Å². The average Bonchev–Trinajstić information content (AvgIpc) is 3.91. The van der Waals surface area contributed by atoms with Crippen molar-refractivity contribution in [1.82, 2.24) is 14.5 Å². The summed E-state index contributed by atoms with van der Waals surface area (Å²) in [5, 5.41) is 5.73. The van der Waals surface area contributed by atoms with E-state index in [1.54, 1.807) is 22.7 Å². The molecule has 1 N–H and O–H groups in total. The number of anilines is 2. The molecule has 0 fully saturated rings. The van der Waals surface area contributed by atoms with Crippen LogP contribution in [0.1, 0.15) is 26.6 Å². The van der Waals surface area contributed by atoms with Gasteiger partial charge in [0, 0.05) is 23.7 Å². The topological polar surface area (TPSA) is 49.9 Å². The molecule has 0 unspecified atom stereocenters. The number of hydrogen-bond acceptors (Lipinski definition) is 6. The molecule has 1 aliphatic rings. The van der Waals surface area contributed by atoms with Crippen LogP contribution in [0.25, 0.3) is 58.7 Å². The van der Waals surface area contributed by atoms with Crippen molar-refractivity contribution in [2.45, 2.75) is 33.9 Å². The molecule has 4 heterocycles. The predicted octanol–water partition coefficient (Wildman–Crippen LogP) is 10.4. The third kappa shape index (κ3) is 5.77. The van der Waals surface area contributed by atoms with Crippen LogP contribution in [0.3, 0.4) is 0 Å². The van der Waals surface area contributed by atoms with Crippen LogP contribution in [0, 0.1) is 0 Å². The third-order valence-corrected chi connectivity index (χ3v) is 11.1. The van der Waals surface area contributed by atoms with Gasteiger partial charge < -0.3 is 10.2 Å². The van der Waals surface area contributed by atoms with E-state index in [1.807, 2.05) is 12.1 Å². The second-order valence-electron chi connectivity index (χ2n) is 11.8. The molecule has 0 saturated heterocycles. The lowest BCUT2D eigenvalue weighted by molar-refractivity contribution is -0.670. The van der Waals surface area contributed by atoms with Gasteiger partial charge in [-0.15, -0.1) is 22.7 Å². The molecular weight excluding hydrogens is 641 g/mol. The van der Waals surface area contributed by atoms with Crippen molar-refractivity contribution < 1.29 is 4.57 Å². The first-order valence-corrected chi connectivity index (χ1v) is 18.5. The third-order valence-electron chi connectivity index (χ3n) is 8.93. The molecule has 8 heteroatoms. The minimum absolute atomic E-state index is 0.879. The van der Waals surface area contributed by atoms with Crippen LogP contribution in [0.4, 0.5) is 11.4 Å². The van der Waals surface area contributed by atoms with Crippen LogP contribution in [-0.2, 0) is 13.1 Å². The van der Waals surface area contributed by atoms with E-state index in [-0.39, 0.29) is 0 Å². The van der Waals surface area contributed by atoms with Gasteiger partial charge in [-0.1, -0.05) is 54.6 Å². The Hall–Kier alpha value is -5.31. The van der Waals surface area contributed by atoms with Gasteiger partial charge in [0.2, 0.25) is 0 Å². The van der Waals surface area contributed by atoms with Crippen LogP contribution in [-0.4, -0.2) is 21.1 Å². The lowest BCUT2D eigenvalue weighted by atomic mass is 10.2. The molecule has 1 aliphatic heterocycles. The largest absolute Gasteiger partial charge is 0.340 e. The number of aromatic nitrogens is 4. The number of nitrogens with one attached hydrogen (secondary N) is 1. The van der Waals surface area contributed by atoms with Gasteiger partial charge in [-0.05, 0) is 87.5 Å². The summed E-state index contributed by atoms with van der Waals surface area (Å²) in [4.78, 5) is 12.1. The molecule has 0 spiro atoms. The van der Waals surface area contributed by atoms with Crippen LogP contribution in [0.5, 0.6) is 0 Å². The van der Waals surface area contributed by atoms with Gasteiger partial charge in [-0.25, -0.2) is 19.1 Å². The Balaban J connectivity index is 0.986. The first-order valence-electron chi connectivity index (χ1n) is 16.8. The number of imidazole rings is 1. The SMILES string of the molecule is CCN1C(=CC=CC=CC=Cc2n(CC)c3cc(-c4nc5ccccc5s4)ccc3[n+]2CC)Nc2cc(-c3nc4ccccc4s3)ccc21. The van der Waals surface area contributed by atoms with Crippen LogP contribution in [0.2, 0.25) is 0 Å². The van der Waals surface area contributed by atoms with Crippen molar-refractivity contribution in [2.24, 2.45) is 0 Å². The Morgan fingerprint density at radius 3 is 2.04 bits per heavy atom. The highest BCUT2D eigenvalue weighted by atomic mass is 32.1. The Labute approximate surface area is 294 Å². The molecular formula is C41H37N6S2+. The maximum absolute atomic E-state index is 4.91. The average molecular weight is 678 g/mol. The fourth-order valence-corrected chi connectivity index (χ4v) is 8.55. The van der Waals surface area contributed by atoms with Gasteiger partial charge in [-0.2, -0.15) is 0 Å². The fourth-order valence-electron chi connectivity index (χ4n) is 6.62. The normalized spacial score (nSPS) is 14.2. The molecule has 49 heavy (non-hydrogen) atoms. The molecule has 8 rings (SSSR count). The van der Waals surface area contributed by atoms with Crippen molar-refractivity contribution in [3.05, 3.63) is 133 Å². The van der Waals surface area contributed by atoms with E-state index >= 15 is 0 Å². The number of fused-ring (bicyclic) bond motifs is 4. The van der Waals surface area contributed by atoms with Crippen molar-refractivity contribution in [3.8, 4) is 21.1 Å². The van der Waals surface area contributed by atoms with Gasteiger partial charge in [-0.3, -0.25) is 0 Å². The number of hydrogen-bond donors (Lipinski definition) is 1. The van der Waals surface area contributed by atoms with E-state index < -0.39 is 0 Å². The second-order valence-corrected chi connectivity index (χ2v) is 13.9. The van der Waals surface area contributed by atoms with E-state index in [4.69, 9.17) is 9.97 Å². The summed E-state index contributed by atoms with van der Waals surface area (Å²) in [5.41, 5.74) is 9.17. The summed E-state index contributed by atoms with van der Waals surface area (Å²) in [6.45, 7) is 9.26. The van der Waals surface area contributed by atoms with E-state index in [1.165, 1.54) is 31.9 Å². The molecule has 0 radical (unpaired) electrons. The van der Waals surface area contributed by atoms with Gasteiger partial charge in [0.05, 0.1) is 44.9 Å². The number of benzene rings is 4. The first kappa shape index (κ1) is 31.0. The zero-order chi connectivity index (χ0) is 33.3. The first-order chi connectivity index (χ1) is 24.1. The maximum atomic E-state index is 4.91. The number of thiazole rings is 2. The van der Waals surface area contributed by atoms with Crippen LogP contribution < -0.4 is 14.8 Å². The Kier molecular flexibility index (Phi) is 8.41. The number of rotatable bonds is 9. The van der Waals surface area contributed by atoms with Gasteiger partial charge >= 0.3 is 0 Å². The van der Waals surface area contributed by atoms with Crippen LogP contribution >= 0.6 is 22.7 Å². The van der Waals surface area contributed by atoms with Gasteiger partial charge in [0.1, 0.15) is 15.8 Å². The minimum Gasteiger partial charge on any atom is -0.340 e. The summed E-state index contributed by atoms with van der Waals surface area (Å²) in [5.74, 6) is 2.26. The maximum Gasteiger partial charge on any atom is 0.282 e. The lowest BCUT2D eigenvalue weighted by Gasteiger charge is -2.17. The predicted molar refractivity (Wildman–Crippen MR) is 209 cm³/mol. The molecule has 0 saturated carbocycles. The molecule has 0 bridgehead atoms. The van der Waals surface area contributed by atoms with E-state index in [0.29, 0.717) is 0 Å². The number of para-hydroxylation sites is 2. The molecule has 0 atom stereocenters. The molecule has 3 aromatic heterocycles. The highest BCUT2D eigenvalue weighted by Gasteiger charge is 2.24. The standard InChI is InChI=1S/C41H36N6S2/c1-4-45-33-24-22-28(40-43-30-16-12-14-18-36(30)48-40)26-32(33)42-38(45)20-10-8-7-9-11-21-39-46(5-2)34-25-23-29(27-35(34)47(39)6-3)41-44-31-17-13-15-19-37(31)49-41/h7-27H,4-6H2,1-3H3/p+1. The smallest absolute Gasteiger partial charge is 0.282 e. The summed E-state index contributed by atoms with van der Waals surface area (Å²) >= 11 is 3.48. The summed E-state index contributed by atoms with van der Waals surface area (Å²) in [6, 6.07) is 30.0. The van der Waals surface area contributed by atoms with Crippen molar-refractivity contribution in [3.63, 3.8) is 0 Å². The quantitative estimate of drug-likeness (QED) is 0.122. The fraction of sp³-hybridized carbons (Fsp3) is 0.146. The lowest BCUT2D eigenvalue weighted by Crippen LogP contribution is -2.35.